The SMILES string of the molecule is COc1ccc(O)c(O)c1C(C)(C)C. The van der Waals surface area contributed by atoms with Crippen LogP contribution in [0.5, 0.6) is 17.2 Å². The number of benzene rings is 1. The lowest BCUT2D eigenvalue weighted by Crippen LogP contribution is -2.13. The van der Waals surface area contributed by atoms with Gasteiger partial charge in [0.25, 0.3) is 0 Å². The van der Waals surface area contributed by atoms with Crippen LogP contribution in [0.25, 0.3) is 0 Å². The molecule has 0 saturated carbocycles. The maximum Gasteiger partial charge on any atom is 0.164 e. The van der Waals surface area contributed by atoms with E-state index < -0.39 is 0 Å². The van der Waals surface area contributed by atoms with Crippen molar-refractivity contribution in [3.8, 4) is 17.2 Å². The highest BCUT2D eigenvalue weighted by molar-refractivity contribution is 5.55. The van der Waals surface area contributed by atoms with E-state index in [0.717, 1.165) is 0 Å². The molecule has 78 valence electrons. The van der Waals surface area contributed by atoms with Crippen molar-refractivity contribution in [2.75, 3.05) is 7.11 Å². The predicted octanol–water partition coefficient (Wildman–Crippen LogP) is 2.40. The number of rotatable bonds is 1. The second-order valence-electron chi connectivity index (χ2n) is 4.26. The zero-order valence-electron chi connectivity index (χ0n) is 8.96. The third kappa shape index (κ3) is 1.76. The molecule has 0 unspecified atom stereocenters. The van der Waals surface area contributed by atoms with E-state index >= 15 is 0 Å². The topological polar surface area (TPSA) is 49.7 Å². The fourth-order valence-electron chi connectivity index (χ4n) is 1.46. The van der Waals surface area contributed by atoms with Crippen LogP contribution in [0, 0.1) is 0 Å². The molecule has 0 aromatic heterocycles. The van der Waals surface area contributed by atoms with Crippen LogP contribution in [0.4, 0.5) is 0 Å². The molecule has 1 aromatic carbocycles. The predicted molar refractivity (Wildman–Crippen MR) is 55.0 cm³/mol. The van der Waals surface area contributed by atoms with Crippen LogP contribution in [0.1, 0.15) is 26.3 Å². The highest BCUT2D eigenvalue weighted by Crippen LogP contribution is 2.42. The minimum absolute atomic E-state index is 0.100. The van der Waals surface area contributed by atoms with Crippen LogP contribution < -0.4 is 4.74 Å². The van der Waals surface area contributed by atoms with Gasteiger partial charge in [0.1, 0.15) is 5.75 Å². The molecule has 0 amide bonds. The summed E-state index contributed by atoms with van der Waals surface area (Å²) in [5, 5.41) is 19.1. The van der Waals surface area contributed by atoms with Gasteiger partial charge in [-0.05, 0) is 17.5 Å². The van der Waals surface area contributed by atoms with Gasteiger partial charge in [-0.15, -0.1) is 0 Å². The van der Waals surface area contributed by atoms with Crippen LogP contribution in [0.3, 0.4) is 0 Å². The van der Waals surface area contributed by atoms with Gasteiger partial charge in [-0.2, -0.15) is 0 Å². The zero-order valence-corrected chi connectivity index (χ0v) is 8.96. The maximum atomic E-state index is 9.72. The van der Waals surface area contributed by atoms with E-state index in [1.165, 1.54) is 6.07 Å². The van der Waals surface area contributed by atoms with Gasteiger partial charge in [0, 0.05) is 5.56 Å². The summed E-state index contributed by atoms with van der Waals surface area (Å²) < 4.78 is 5.14. The lowest BCUT2D eigenvalue weighted by atomic mass is 9.85. The van der Waals surface area contributed by atoms with Gasteiger partial charge >= 0.3 is 0 Å². The highest BCUT2D eigenvalue weighted by atomic mass is 16.5. The number of phenols is 2. The fraction of sp³-hybridized carbons (Fsp3) is 0.455. The van der Waals surface area contributed by atoms with E-state index in [1.807, 2.05) is 20.8 Å². The fourth-order valence-corrected chi connectivity index (χ4v) is 1.46. The second kappa shape index (κ2) is 3.40. The summed E-state index contributed by atoms with van der Waals surface area (Å²) in [7, 11) is 1.54. The molecular formula is C11H16O3. The summed E-state index contributed by atoms with van der Waals surface area (Å²) in [5.74, 6) is 0.375. The zero-order chi connectivity index (χ0) is 10.9. The first-order chi connectivity index (χ1) is 6.38. The summed E-state index contributed by atoms with van der Waals surface area (Å²) in [6, 6.07) is 3.07. The molecular weight excluding hydrogens is 180 g/mol. The van der Waals surface area contributed by atoms with Crippen molar-refractivity contribution >= 4 is 0 Å². The molecule has 0 fully saturated rings. The molecule has 0 aliphatic rings. The summed E-state index contributed by atoms with van der Waals surface area (Å²) in [6.07, 6.45) is 0. The van der Waals surface area contributed by atoms with Crippen molar-refractivity contribution < 1.29 is 14.9 Å². The quantitative estimate of drug-likeness (QED) is 0.678. The van der Waals surface area contributed by atoms with Crippen molar-refractivity contribution in [3.63, 3.8) is 0 Å². The van der Waals surface area contributed by atoms with Gasteiger partial charge < -0.3 is 14.9 Å². The molecule has 1 rings (SSSR count). The summed E-state index contributed by atoms with van der Waals surface area (Å²) in [6.45, 7) is 5.85. The molecule has 2 N–H and O–H groups in total. The molecule has 0 heterocycles. The number of aromatic hydroxyl groups is 2. The largest absolute Gasteiger partial charge is 0.504 e. The van der Waals surface area contributed by atoms with E-state index in [-0.39, 0.29) is 16.9 Å². The van der Waals surface area contributed by atoms with Crippen LogP contribution in [0.15, 0.2) is 12.1 Å². The van der Waals surface area contributed by atoms with Crippen LogP contribution in [0.2, 0.25) is 0 Å². The molecule has 0 aliphatic carbocycles. The molecule has 0 saturated heterocycles. The van der Waals surface area contributed by atoms with Crippen LogP contribution >= 0.6 is 0 Å². The second-order valence-corrected chi connectivity index (χ2v) is 4.26. The van der Waals surface area contributed by atoms with Crippen LogP contribution in [-0.4, -0.2) is 17.3 Å². The van der Waals surface area contributed by atoms with E-state index in [2.05, 4.69) is 0 Å². The smallest absolute Gasteiger partial charge is 0.164 e. The average molecular weight is 196 g/mol. The molecule has 1 aromatic rings. The van der Waals surface area contributed by atoms with Crippen molar-refractivity contribution in [3.05, 3.63) is 17.7 Å². The highest BCUT2D eigenvalue weighted by Gasteiger charge is 2.24. The summed E-state index contributed by atoms with van der Waals surface area (Å²) in [4.78, 5) is 0. The third-order valence-electron chi connectivity index (χ3n) is 2.09. The van der Waals surface area contributed by atoms with Gasteiger partial charge in [0.15, 0.2) is 11.5 Å². The standard InChI is InChI=1S/C11H16O3/c1-11(2,3)9-8(14-4)6-5-7(12)10(9)13/h5-6,12-13H,1-4H3. The van der Waals surface area contributed by atoms with Gasteiger partial charge in [-0.1, -0.05) is 20.8 Å². The van der Waals surface area contributed by atoms with Crippen LogP contribution in [-0.2, 0) is 5.41 Å². The molecule has 3 heteroatoms. The Bertz CT molecular complexity index is 337. The normalized spacial score (nSPS) is 11.4. The molecule has 0 atom stereocenters. The average Bonchev–Trinajstić information content (AvgIpc) is 2.07. The molecule has 0 bridgehead atoms. The minimum atomic E-state index is -0.270. The lowest BCUT2D eigenvalue weighted by Gasteiger charge is -2.23. The first-order valence-corrected chi connectivity index (χ1v) is 4.47. The Morgan fingerprint density at radius 1 is 1.14 bits per heavy atom. The monoisotopic (exact) mass is 196 g/mol. The number of methoxy groups -OCH3 is 1. The van der Waals surface area contributed by atoms with Gasteiger partial charge in [-0.25, -0.2) is 0 Å². The first kappa shape index (κ1) is 10.7. The van der Waals surface area contributed by atoms with Crippen molar-refractivity contribution in [2.24, 2.45) is 0 Å². The Balaban J connectivity index is 3.44. The molecule has 0 spiro atoms. The van der Waals surface area contributed by atoms with E-state index in [4.69, 9.17) is 4.74 Å². The molecule has 14 heavy (non-hydrogen) atoms. The Labute approximate surface area is 84.0 Å². The number of hydrogen-bond donors (Lipinski definition) is 2. The van der Waals surface area contributed by atoms with Gasteiger partial charge in [0.2, 0.25) is 0 Å². The first-order valence-electron chi connectivity index (χ1n) is 4.47. The molecule has 0 aliphatic heterocycles. The van der Waals surface area contributed by atoms with Crippen molar-refractivity contribution in [1.82, 2.24) is 0 Å². The number of phenolic OH excluding ortho intramolecular Hbond substituents is 2. The third-order valence-corrected chi connectivity index (χ3v) is 2.09. The Morgan fingerprint density at radius 2 is 1.71 bits per heavy atom. The molecule has 3 nitrogen and oxygen atoms in total. The number of ether oxygens (including phenoxy) is 1. The van der Waals surface area contributed by atoms with Gasteiger partial charge in [-0.3, -0.25) is 0 Å². The Hall–Kier alpha value is -1.38. The van der Waals surface area contributed by atoms with Crippen molar-refractivity contribution in [2.45, 2.75) is 26.2 Å². The van der Waals surface area contributed by atoms with E-state index in [1.54, 1.807) is 13.2 Å². The van der Waals surface area contributed by atoms with Gasteiger partial charge in [0.05, 0.1) is 7.11 Å². The lowest BCUT2D eigenvalue weighted by molar-refractivity contribution is 0.361. The summed E-state index contributed by atoms with van der Waals surface area (Å²) in [5.41, 5.74) is 0.355. The maximum absolute atomic E-state index is 9.72. The molecule has 0 radical (unpaired) electrons. The Kier molecular flexibility index (Phi) is 2.60. The van der Waals surface area contributed by atoms with E-state index in [9.17, 15) is 10.2 Å². The van der Waals surface area contributed by atoms with Crippen molar-refractivity contribution in [1.29, 1.82) is 0 Å². The number of hydrogen-bond acceptors (Lipinski definition) is 3. The minimum Gasteiger partial charge on any atom is -0.504 e. The van der Waals surface area contributed by atoms with E-state index in [0.29, 0.717) is 11.3 Å². The Morgan fingerprint density at radius 3 is 2.14 bits per heavy atom. The summed E-state index contributed by atoms with van der Waals surface area (Å²) >= 11 is 0.